The summed E-state index contributed by atoms with van der Waals surface area (Å²) in [6.45, 7) is 3.58. The highest BCUT2D eigenvalue weighted by Gasteiger charge is 2.45. The van der Waals surface area contributed by atoms with E-state index >= 15 is 0 Å². The lowest BCUT2D eigenvalue weighted by molar-refractivity contribution is 0.0970. The molecule has 2 aromatic heterocycles. The van der Waals surface area contributed by atoms with Gasteiger partial charge in [0, 0.05) is 5.02 Å². The van der Waals surface area contributed by atoms with Gasteiger partial charge in [-0.05, 0) is 49.2 Å². The van der Waals surface area contributed by atoms with Gasteiger partial charge < -0.3 is 18.6 Å². The molecule has 0 N–H and O–H groups in total. The van der Waals surface area contributed by atoms with Gasteiger partial charge in [0.1, 0.15) is 10.6 Å². The molecule has 0 saturated heterocycles. The third kappa shape index (κ3) is 3.52. The predicted octanol–water partition coefficient (Wildman–Crippen LogP) is 4.69. The predicted molar refractivity (Wildman–Crippen MR) is 132 cm³/mol. The molecule has 0 spiro atoms. The molecule has 180 valence electrons. The Labute approximate surface area is 208 Å². The molecular weight excluding hydrogens is 494 g/mol. The molecule has 0 aliphatic carbocycles. The number of benzene rings is 2. The summed E-state index contributed by atoms with van der Waals surface area (Å²) in [5.41, 5.74) is 1.36. The van der Waals surface area contributed by atoms with Gasteiger partial charge in [0.05, 0.1) is 38.3 Å². The molecule has 9 nitrogen and oxygen atoms in total. The first-order valence-corrected chi connectivity index (χ1v) is 11.7. The first-order valence-electron chi connectivity index (χ1n) is 10.5. The van der Waals surface area contributed by atoms with Crippen LogP contribution in [0.15, 0.2) is 33.5 Å². The zero-order valence-electron chi connectivity index (χ0n) is 19.5. The lowest BCUT2D eigenvalue weighted by atomic mass is 9.97. The number of hydrogen-bond donors (Lipinski definition) is 0. The minimum atomic E-state index is -0.876. The second-order valence-electron chi connectivity index (χ2n) is 7.91. The van der Waals surface area contributed by atoms with Crippen LogP contribution in [0.25, 0.3) is 11.0 Å². The molecule has 35 heavy (non-hydrogen) atoms. The Bertz CT molecular complexity index is 1540. The van der Waals surface area contributed by atoms with Gasteiger partial charge in [0.15, 0.2) is 16.9 Å². The first-order chi connectivity index (χ1) is 16.8. The lowest BCUT2D eigenvalue weighted by Gasteiger charge is -2.24. The van der Waals surface area contributed by atoms with Crippen LogP contribution >= 0.6 is 22.9 Å². The number of methoxy groups -OCH3 is 3. The average molecular weight is 514 g/mol. The van der Waals surface area contributed by atoms with Gasteiger partial charge in [-0.3, -0.25) is 14.5 Å². The topological polar surface area (TPSA) is 104 Å². The molecule has 0 saturated carbocycles. The van der Waals surface area contributed by atoms with Crippen LogP contribution in [0.3, 0.4) is 0 Å². The van der Waals surface area contributed by atoms with Crippen molar-refractivity contribution >= 4 is 44.9 Å². The SMILES string of the molecule is COc1cc(C2c3c(oc4cc(C)c(Cl)cc4c3=O)C(=O)N2c2nnc(C)s2)cc(OC)c1OC. The van der Waals surface area contributed by atoms with E-state index in [2.05, 4.69) is 10.2 Å². The number of carbonyl (C=O) groups is 1. The molecule has 1 aliphatic heterocycles. The number of amides is 1. The number of carbonyl (C=O) groups excluding carboxylic acids is 1. The summed E-state index contributed by atoms with van der Waals surface area (Å²) >= 11 is 7.54. The van der Waals surface area contributed by atoms with Crippen LogP contribution in [0, 0.1) is 13.8 Å². The highest BCUT2D eigenvalue weighted by atomic mass is 35.5. The third-order valence-corrected chi connectivity index (χ3v) is 7.12. The van der Waals surface area contributed by atoms with Crippen LogP contribution in [-0.2, 0) is 0 Å². The monoisotopic (exact) mass is 513 g/mol. The van der Waals surface area contributed by atoms with Crippen molar-refractivity contribution < 1.29 is 23.4 Å². The molecule has 1 unspecified atom stereocenters. The Kier molecular flexibility index (Phi) is 5.65. The van der Waals surface area contributed by atoms with E-state index in [0.717, 1.165) is 5.56 Å². The fraction of sp³-hybridized carbons (Fsp3) is 0.250. The first kappa shape index (κ1) is 23.1. The minimum absolute atomic E-state index is 0.0594. The zero-order chi connectivity index (χ0) is 25.0. The molecule has 1 amide bonds. The van der Waals surface area contributed by atoms with Crippen molar-refractivity contribution in [2.24, 2.45) is 0 Å². The Morgan fingerprint density at radius 2 is 1.69 bits per heavy atom. The van der Waals surface area contributed by atoms with E-state index < -0.39 is 11.9 Å². The average Bonchev–Trinajstić information content (AvgIpc) is 3.40. The number of rotatable bonds is 5. The van der Waals surface area contributed by atoms with E-state index in [9.17, 15) is 9.59 Å². The van der Waals surface area contributed by atoms with Crippen LogP contribution in [-0.4, -0.2) is 37.4 Å². The Balaban J connectivity index is 1.85. The summed E-state index contributed by atoms with van der Waals surface area (Å²) in [6, 6.07) is 5.73. The van der Waals surface area contributed by atoms with Crippen molar-refractivity contribution in [3.8, 4) is 17.2 Å². The molecule has 3 heterocycles. The van der Waals surface area contributed by atoms with E-state index in [1.165, 1.54) is 37.6 Å². The number of nitrogens with zero attached hydrogens (tertiary/aromatic N) is 3. The summed E-state index contributed by atoms with van der Waals surface area (Å²) in [6.07, 6.45) is 0. The van der Waals surface area contributed by atoms with Gasteiger partial charge in [0.2, 0.25) is 16.6 Å². The highest BCUT2D eigenvalue weighted by molar-refractivity contribution is 7.15. The van der Waals surface area contributed by atoms with Crippen molar-refractivity contribution in [3.63, 3.8) is 0 Å². The molecule has 0 fully saturated rings. The summed E-state index contributed by atoms with van der Waals surface area (Å²) < 4.78 is 22.5. The summed E-state index contributed by atoms with van der Waals surface area (Å²) in [7, 11) is 4.48. The third-order valence-electron chi connectivity index (χ3n) is 5.88. The van der Waals surface area contributed by atoms with Crippen molar-refractivity contribution in [3.05, 3.63) is 67.0 Å². The van der Waals surface area contributed by atoms with E-state index in [1.807, 2.05) is 0 Å². The van der Waals surface area contributed by atoms with Crippen molar-refractivity contribution in [1.82, 2.24) is 10.2 Å². The van der Waals surface area contributed by atoms with Crippen LogP contribution in [0.1, 0.15) is 38.3 Å². The number of ether oxygens (including phenoxy) is 3. The Morgan fingerprint density at radius 3 is 2.26 bits per heavy atom. The van der Waals surface area contributed by atoms with E-state index in [1.54, 1.807) is 38.1 Å². The maximum atomic E-state index is 13.8. The molecule has 5 rings (SSSR count). The second-order valence-corrected chi connectivity index (χ2v) is 9.48. The molecule has 1 aliphatic rings. The van der Waals surface area contributed by atoms with Gasteiger partial charge in [-0.1, -0.05) is 22.9 Å². The molecule has 1 atom stereocenters. The quantitative estimate of drug-likeness (QED) is 0.378. The Hall–Kier alpha value is -3.63. The molecule has 0 bridgehead atoms. The number of hydrogen-bond acceptors (Lipinski definition) is 9. The number of anilines is 1. The second kappa shape index (κ2) is 8.54. The van der Waals surface area contributed by atoms with Gasteiger partial charge in [-0.25, -0.2) is 0 Å². The number of halogens is 1. The molecule has 2 aromatic carbocycles. The highest BCUT2D eigenvalue weighted by Crippen LogP contribution is 2.47. The Morgan fingerprint density at radius 1 is 1.00 bits per heavy atom. The molecule has 4 aromatic rings. The fourth-order valence-electron chi connectivity index (χ4n) is 4.25. The van der Waals surface area contributed by atoms with Crippen LogP contribution < -0.4 is 24.5 Å². The minimum Gasteiger partial charge on any atom is -0.493 e. The molecular formula is C24H20ClN3O6S. The fourth-order valence-corrected chi connectivity index (χ4v) is 5.13. The summed E-state index contributed by atoms with van der Waals surface area (Å²) in [5.74, 6) is 0.576. The normalized spacial score (nSPS) is 15.0. The molecule has 11 heteroatoms. The van der Waals surface area contributed by atoms with E-state index in [-0.39, 0.29) is 27.7 Å². The summed E-state index contributed by atoms with van der Waals surface area (Å²) in [4.78, 5) is 28.9. The number of aryl methyl sites for hydroxylation is 2. The van der Waals surface area contributed by atoms with Gasteiger partial charge in [-0.2, -0.15) is 0 Å². The number of fused-ring (bicyclic) bond motifs is 2. The zero-order valence-corrected chi connectivity index (χ0v) is 21.0. The van der Waals surface area contributed by atoms with E-state index in [0.29, 0.717) is 38.0 Å². The van der Waals surface area contributed by atoms with Crippen LogP contribution in [0.5, 0.6) is 17.2 Å². The smallest absolute Gasteiger partial charge is 0.297 e. The van der Waals surface area contributed by atoms with Crippen molar-refractivity contribution in [1.29, 1.82) is 0 Å². The van der Waals surface area contributed by atoms with Crippen LogP contribution in [0.2, 0.25) is 5.02 Å². The maximum absolute atomic E-state index is 13.8. The standard InChI is InChI=1S/C24H20ClN3O6S/c1-10-6-15-13(9-14(10)25)20(29)18-19(12-7-16(31-3)21(33-5)17(8-12)32-4)28(23(30)22(18)34-15)24-27-26-11(2)35-24/h6-9,19H,1-5H3. The largest absolute Gasteiger partial charge is 0.493 e. The van der Waals surface area contributed by atoms with Crippen LogP contribution in [0.4, 0.5) is 5.13 Å². The van der Waals surface area contributed by atoms with Gasteiger partial charge in [0.25, 0.3) is 5.91 Å². The lowest BCUT2D eigenvalue weighted by Crippen LogP contribution is -2.29. The van der Waals surface area contributed by atoms with Crippen molar-refractivity contribution in [2.75, 3.05) is 26.2 Å². The molecule has 0 radical (unpaired) electrons. The van der Waals surface area contributed by atoms with Gasteiger partial charge in [-0.15, -0.1) is 10.2 Å². The maximum Gasteiger partial charge on any atom is 0.297 e. The number of aromatic nitrogens is 2. The van der Waals surface area contributed by atoms with Gasteiger partial charge >= 0.3 is 0 Å². The van der Waals surface area contributed by atoms with Crippen molar-refractivity contribution in [2.45, 2.75) is 19.9 Å². The summed E-state index contributed by atoms with van der Waals surface area (Å²) in [5, 5.41) is 9.93. The van der Waals surface area contributed by atoms with E-state index in [4.69, 9.17) is 30.2 Å².